The average Bonchev–Trinajstić information content (AvgIpc) is 1.59. The van der Waals surface area contributed by atoms with E-state index in [0.29, 0.717) is 0 Å². The monoisotopic (exact) mass is 150 g/mol. The molecule has 0 saturated heterocycles. The summed E-state index contributed by atoms with van der Waals surface area (Å²) in [4.78, 5) is 9.35. The van der Waals surface area contributed by atoms with Gasteiger partial charge in [-0.2, -0.15) is 13.2 Å². The van der Waals surface area contributed by atoms with E-state index in [1.165, 1.54) is 0 Å². The number of aldehydes is 1. The molecule has 0 aliphatic rings. The van der Waals surface area contributed by atoms with Crippen molar-refractivity contribution in [2.24, 2.45) is 0 Å². The molecule has 0 amide bonds. The summed E-state index contributed by atoms with van der Waals surface area (Å²) in [6, 6.07) is 0. The van der Waals surface area contributed by atoms with Crippen LogP contribution in [0.4, 0.5) is 13.2 Å². The molecule has 0 aliphatic heterocycles. The van der Waals surface area contributed by atoms with Gasteiger partial charge in [-0.1, -0.05) is 0 Å². The van der Waals surface area contributed by atoms with E-state index >= 15 is 0 Å². The molecule has 0 fully saturated rings. The Morgan fingerprint density at radius 2 is 1.89 bits per heavy atom. The molecule has 0 saturated carbocycles. The first-order chi connectivity index (χ1) is 3.56. The van der Waals surface area contributed by atoms with Crippen molar-refractivity contribution in [3.8, 4) is 0 Å². The van der Waals surface area contributed by atoms with Gasteiger partial charge in [-0.3, -0.25) is 0 Å². The van der Waals surface area contributed by atoms with Crippen LogP contribution in [0.15, 0.2) is 0 Å². The molecule has 0 N–H and O–H groups in total. The molecular weight excluding hydrogens is 144 g/mol. The predicted octanol–water partition coefficient (Wildman–Crippen LogP) is -1.36. The molecule has 0 rings (SSSR count). The minimum Gasteiger partial charge on any atom is -1.00 e. The summed E-state index contributed by atoms with van der Waals surface area (Å²) in [7, 11) is 0. The van der Waals surface area contributed by atoms with Crippen LogP contribution in [0.1, 0.15) is 14.3 Å². The van der Waals surface area contributed by atoms with Gasteiger partial charge in [0, 0.05) is 6.42 Å². The van der Waals surface area contributed by atoms with Crippen LogP contribution in [-0.2, 0) is 4.79 Å². The zero-order chi connectivity index (χ0) is 6.62. The van der Waals surface area contributed by atoms with Crippen LogP contribution >= 0.6 is 0 Å². The van der Waals surface area contributed by atoms with Gasteiger partial charge in [0.15, 0.2) is 0 Å². The normalized spacial score (nSPS) is 10.1. The van der Waals surface area contributed by atoms with Crippen LogP contribution in [0.25, 0.3) is 0 Å². The molecule has 0 aliphatic carbocycles. The summed E-state index contributed by atoms with van der Waals surface area (Å²) in [5, 5.41) is 0. The summed E-state index contributed by atoms with van der Waals surface area (Å²) in [6.07, 6.45) is -5.35. The first-order valence-electron chi connectivity index (χ1n) is 2.06. The van der Waals surface area contributed by atoms with Crippen LogP contribution in [0.3, 0.4) is 0 Å². The van der Waals surface area contributed by atoms with Crippen molar-refractivity contribution in [2.45, 2.75) is 19.0 Å². The standard InChI is InChI=1S/C4H5F3O.Na.H/c5-4(6,7)2-1-3-8;;/h3H,1-2H2;;/q;+1;-1. The SMILES string of the molecule is O=CCCC(F)(F)F.[H-].[Na+]. The minimum atomic E-state index is -4.18. The van der Waals surface area contributed by atoms with Crippen molar-refractivity contribution in [3.63, 3.8) is 0 Å². The van der Waals surface area contributed by atoms with E-state index in [9.17, 15) is 18.0 Å². The summed E-state index contributed by atoms with van der Waals surface area (Å²) in [5.74, 6) is 0. The second-order valence-electron chi connectivity index (χ2n) is 1.32. The quantitative estimate of drug-likeness (QED) is 0.351. The third-order valence-electron chi connectivity index (χ3n) is 0.546. The van der Waals surface area contributed by atoms with Crippen molar-refractivity contribution < 1.29 is 48.9 Å². The Morgan fingerprint density at radius 3 is 2.00 bits per heavy atom. The van der Waals surface area contributed by atoms with Crippen molar-refractivity contribution >= 4 is 6.29 Å². The number of rotatable bonds is 2. The predicted molar refractivity (Wildman–Crippen MR) is 22.5 cm³/mol. The third kappa shape index (κ3) is 11.8. The number of hydrogen-bond donors (Lipinski definition) is 0. The Labute approximate surface area is 74.4 Å². The van der Waals surface area contributed by atoms with Gasteiger partial charge in [0.25, 0.3) is 0 Å². The first kappa shape index (κ1) is 12.2. The maximum Gasteiger partial charge on any atom is 1.00 e. The molecule has 5 heteroatoms. The maximum absolute atomic E-state index is 11.1. The van der Waals surface area contributed by atoms with Crippen LogP contribution in [-0.4, -0.2) is 12.5 Å². The summed E-state index contributed by atoms with van der Waals surface area (Å²) in [6.45, 7) is 0. The zero-order valence-electron chi connectivity index (χ0n) is 6.03. The van der Waals surface area contributed by atoms with E-state index in [1.54, 1.807) is 0 Å². The van der Waals surface area contributed by atoms with Gasteiger partial charge < -0.3 is 6.22 Å². The van der Waals surface area contributed by atoms with Crippen LogP contribution < -0.4 is 29.6 Å². The molecule has 1 nitrogen and oxygen atoms in total. The van der Waals surface area contributed by atoms with Crippen molar-refractivity contribution in [2.75, 3.05) is 0 Å². The smallest absolute Gasteiger partial charge is 1.00 e. The van der Waals surface area contributed by atoms with Gasteiger partial charge in [-0.25, -0.2) is 0 Å². The molecule has 0 unspecified atom stereocenters. The number of carbonyl (C=O) groups excluding carboxylic acids is 1. The fourth-order valence-electron chi connectivity index (χ4n) is 0.223. The summed E-state index contributed by atoms with van der Waals surface area (Å²) < 4.78 is 33.3. The molecule has 0 radical (unpaired) electrons. The molecule has 0 aromatic rings. The van der Waals surface area contributed by atoms with Crippen molar-refractivity contribution in [1.82, 2.24) is 0 Å². The fraction of sp³-hybridized carbons (Fsp3) is 0.750. The van der Waals surface area contributed by atoms with Crippen LogP contribution in [0.2, 0.25) is 0 Å². The average molecular weight is 150 g/mol. The van der Waals surface area contributed by atoms with Gasteiger partial charge in [-0.15, -0.1) is 0 Å². The Bertz CT molecular complexity index is 85.1. The molecular formula is C4H6F3NaO. The van der Waals surface area contributed by atoms with E-state index in [2.05, 4.69) is 0 Å². The molecule has 0 aromatic heterocycles. The van der Waals surface area contributed by atoms with E-state index in [-0.39, 0.29) is 37.3 Å². The Morgan fingerprint density at radius 1 is 1.44 bits per heavy atom. The van der Waals surface area contributed by atoms with Crippen LogP contribution in [0, 0.1) is 0 Å². The van der Waals surface area contributed by atoms with Gasteiger partial charge in [0.05, 0.1) is 6.42 Å². The van der Waals surface area contributed by atoms with E-state index in [1.807, 2.05) is 0 Å². The van der Waals surface area contributed by atoms with E-state index < -0.39 is 19.0 Å². The second-order valence-corrected chi connectivity index (χ2v) is 1.32. The zero-order valence-corrected chi connectivity index (χ0v) is 7.03. The van der Waals surface area contributed by atoms with Gasteiger partial charge >= 0.3 is 35.7 Å². The molecule has 0 atom stereocenters. The Balaban J connectivity index is -0.000000245. The van der Waals surface area contributed by atoms with E-state index in [4.69, 9.17) is 0 Å². The van der Waals surface area contributed by atoms with Crippen molar-refractivity contribution in [3.05, 3.63) is 0 Å². The van der Waals surface area contributed by atoms with Gasteiger partial charge in [-0.05, 0) is 0 Å². The first-order valence-corrected chi connectivity index (χ1v) is 2.06. The third-order valence-corrected chi connectivity index (χ3v) is 0.546. The van der Waals surface area contributed by atoms with Crippen molar-refractivity contribution in [1.29, 1.82) is 0 Å². The molecule has 0 spiro atoms. The Hall–Kier alpha value is 0.460. The maximum atomic E-state index is 11.1. The van der Waals surface area contributed by atoms with Crippen LogP contribution in [0.5, 0.6) is 0 Å². The molecule has 0 aromatic carbocycles. The van der Waals surface area contributed by atoms with E-state index in [0.717, 1.165) is 0 Å². The molecule has 0 bridgehead atoms. The minimum absolute atomic E-state index is 0. The molecule has 50 valence electrons. The molecule has 0 heterocycles. The number of hydrogen-bond acceptors (Lipinski definition) is 1. The molecule has 9 heavy (non-hydrogen) atoms. The van der Waals surface area contributed by atoms with Gasteiger partial charge in [0.1, 0.15) is 6.29 Å². The fourth-order valence-corrected chi connectivity index (χ4v) is 0.223. The topological polar surface area (TPSA) is 17.1 Å². The second kappa shape index (κ2) is 5.26. The Kier molecular flexibility index (Phi) is 7.11. The largest absolute Gasteiger partial charge is 1.00 e. The number of alkyl halides is 3. The number of halogens is 3. The van der Waals surface area contributed by atoms with Gasteiger partial charge in [0.2, 0.25) is 0 Å². The summed E-state index contributed by atoms with van der Waals surface area (Å²) >= 11 is 0. The number of carbonyl (C=O) groups is 1. The summed E-state index contributed by atoms with van der Waals surface area (Å²) in [5.41, 5.74) is 0.